The van der Waals surface area contributed by atoms with E-state index in [0.717, 1.165) is 28.5 Å². The predicted molar refractivity (Wildman–Crippen MR) is 122 cm³/mol. The number of carbonyl (C=O) groups is 1. The van der Waals surface area contributed by atoms with Gasteiger partial charge in [-0.1, -0.05) is 61.0 Å². The minimum atomic E-state index is -0.0942. The zero-order valence-electron chi connectivity index (χ0n) is 17.1. The molecule has 0 radical (unpaired) electrons. The van der Waals surface area contributed by atoms with Crippen LogP contribution in [0.3, 0.4) is 0 Å². The van der Waals surface area contributed by atoms with Gasteiger partial charge in [0.2, 0.25) is 0 Å². The molecule has 4 rings (SSSR count). The van der Waals surface area contributed by atoms with Gasteiger partial charge in [0.15, 0.2) is 0 Å². The van der Waals surface area contributed by atoms with Gasteiger partial charge in [-0.3, -0.25) is 9.48 Å². The van der Waals surface area contributed by atoms with Crippen molar-refractivity contribution < 1.29 is 4.79 Å². The Morgan fingerprint density at radius 2 is 1.73 bits per heavy atom. The van der Waals surface area contributed by atoms with Crippen LogP contribution in [0.1, 0.15) is 46.9 Å². The zero-order chi connectivity index (χ0) is 21.1. The zero-order valence-corrected chi connectivity index (χ0v) is 17.9. The number of amides is 1. The maximum absolute atomic E-state index is 12.9. The molecule has 0 spiro atoms. The van der Waals surface area contributed by atoms with E-state index < -0.39 is 0 Å². The van der Waals surface area contributed by atoms with Crippen LogP contribution in [-0.4, -0.2) is 15.7 Å². The van der Waals surface area contributed by atoms with Crippen molar-refractivity contribution in [1.29, 1.82) is 0 Å². The number of aryl methyl sites for hydroxylation is 1. The summed E-state index contributed by atoms with van der Waals surface area (Å²) in [6.45, 7) is 4.75. The van der Waals surface area contributed by atoms with Crippen molar-refractivity contribution in [2.75, 3.05) is 0 Å². The summed E-state index contributed by atoms with van der Waals surface area (Å²) in [6.07, 6.45) is 2.83. The number of fused-ring (bicyclic) bond motifs is 1. The maximum atomic E-state index is 12.9. The Kier molecular flexibility index (Phi) is 5.86. The van der Waals surface area contributed by atoms with Gasteiger partial charge < -0.3 is 5.32 Å². The quantitative estimate of drug-likeness (QED) is 0.431. The monoisotopic (exact) mass is 417 g/mol. The van der Waals surface area contributed by atoms with Gasteiger partial charge in [0.05, 0.1) is 24.3 Å². The van der Waals surface area contributed by atoms with Crippen molar-refractivity contribution in [3.63, 3.8) is 0 Å². The standard InChI is InChI=1S/C25H24ClN3O/c1-3-18-4-8-20(9-5-18)17(2)28-25(30)21-10-11-22-15-27-29(24(22)14-21)16-19-6-12-23(26)13-7-19/h4-15,17H,3,16H2,1-2H3,(H,28,30)/t17-/m0/s1. The lowest BCUT2D eigenvalue weighted by Gasteiger charge is -2.15. The first-order chi connectivity index (χ1) is 14.5. The molecule has 0 aliphatic rings. The smallest absolute Gasteiger partial charge is 0.251 e. The average molecular weight is 418 g/mol. The second kappa shape index (κ2) is 8.72. The topological polar surface area (TPSA) is 46.9 Å². The largest absolute Gasteiger partial charge is 0.346 e. The normalized spacial score (nSPS) is 12.1. The van der Waals surface area contributed by atoms with Gasteiger partial charge >= 0.3 is 0 Å². The fourth-order valence-electron chi connectivity index (χ4n) is 3.51. The first-order valence-corrected chi connectivity index (χ1v) is 10.5. The highest BCUT2D eigenvalue weighted by Crippen LogP contribution is 2.20. The molecule has 152 valence electrons. The van der Waals surface area contributed by atoms with E-state index >= 15 is 0 Å². The molecule has 1 N–H and O–H groups in total. The minimum absolute atomic E-state index is 0.0712. The number of hydrogen-bond acceptors (Lipinski definition) is 2. The molecule has 1 heterocycles. The van der Waals surface area contributed by atoms with Crippen LogP contribution in [-0.2, 0) is 13.0 Å². The average Bonchev–Trinajstić information content (AvgIpc) is 3.17. The summed E-state index contributed by atoms with van der Waals surface area (Å²) in [6, 6.07) is 21.7. The molecular formula is C25H24ClN3O. The van der Waals surface area contributed by atoms with E-state index in [4.69, 9.17) is 11.6 Å². The fraction of sp³-hybridized carbons (Fsp3) is 0.200. The number of hydrogen-bond donors (Lipinski definition) is 1. The number of rotatable bonds is 6. The van der Waals surface area contributed by atoms with Crippen LogP contribution in [0, 0.1) is 0 Å². The van der Waals surface area contributed by atoms with E-state index in [1.807, 2.05) is 60.3 Å². The Morgan fingerprint density at radius 3 is 2.43 bits per heavy atom. The van der Waals surface area contributed by atoms with E-state index in [2.05, 4.69) is 41.6 Å². The van der Waals surface area contributed by atoms with Gasteiger partial charge in [-0.25, -0.2) is 0 Å². The predicted octanol–water partition coefficient (Wildman–Crippen LogP) is 5.79. The molecule has 3 aromatic carbocycles. The number of halogens is 1. The lowest BCUT2D eigenvalue weighted by atomic mass is 10.0. The molecule has 4 aromatic rings. The number of nitrogens with one attached hydrogen (secondary N) is 1. The van der Waals surface area contributed by atoms with E-state index in [9.17, 15) is 4.79 Å². The van der Waals surface area contributed by atoms with Crippen LogP contribution in [0.25, 0.3) is 10.9 Å². The minimum Gasteiger partial charge on any atom is -0.346 e. The maximum Gasteiger partial charge on any atom is 0.251 e. The van der Waals surface area contributed by atoms with Gasteiger partial charge in [-0.05, 0) is 54.3 Å². The van der Waals surface area contributed by atoms with E-state index in [-0.39, 0.29) is 11.9 Å². The highest BCUT2D eigenvalue weighted by molar-refractivity contribution is 6.30. The van der Waals surface area contributed by atoms with Gasteiger partial charge in [0.25, 0.3) is 5.91 Å². The SMILES string of the molecule is CCc1ccc([C@H](C)NC(=O)c2ccc3cnn(Cc4ccc(Cl)cc4)c3c2)cc1. The second-order valence-electron chi connectivity index (χ2n) is 7.49. The summed E-state index contributed by atoms with van der Waals surface area (Å²) >= 11 is 5.98. The molecule has 0 fully saturated rings. The molecule has 0 aliphatic carbocycles. The van der Waals surface area contributed by atoms with E-state index in [0.29, 0.717) is 17.1 Å². The molecular weight excluding hydrogens is 394 g/mol. The molecule has 1 atom stereocenters. The van der Waals surface area contributed by atoms with Crippen LogP contribution in [0.15, 0.2) is 72.9 Å². The molecule has 0 bridgehead atoms. The number of carbonyl (C=O) groups excluding carboxylic acids is 1. The molecule has 5 heteroatoms. The van der Waals surface area contributed by atoms with Crippen LogP contribution in [0.4, 0.5) is 0 Å². The number of benzene rings is 3. The Morgan fingerprint density at radius 1 is 1.03 bits per heavy atom. The molecule has 4 nitrogen and oxygen atoms in total. The van der Waals surface area contributed by atoms with Crippen LogP contribution >= 0.6 is 11.6 Å². The third kappa shape index (κ3) is 4.39. The van der Waals surface area contributed by atoms with Crippen LogP contribution in [0.5, 0.6) is 0 Å². The molecule has 1 aromatic heterocycles. The van der Waals surface area contributed by atoms with Gasteiger partial charge in [-0.15, -0.1) is 0 Å². The third-order valence-electron chi connectivity index (χ3n) is 5.39. The summed E-state index contributed by atoms with van der Waals surface area (Å²) in [5, 5.41) is 9.30. The molecule has 1 amide bonds. The highest BCUT2D eigenvalue weighted by atomic mass is 35.5. The van der Waals surface area contributed by atoms with Gasteiger partial charge in [-0.2, -0.15) is 5.10 Å². The van der Waals surface area contributed by atoms with E-state index in [1.54, 1.807) is 0 Å². The van der Waals surface area contributed by atoms with Gasteiger partial charge in [0.1, 0.15) is 0 Å². The Labute approximate surface area is 181 Å². The van der Waals surface area contributed by atoms with Crippen molar-refractivity contribution in [2.45, 2.75) is 32.9 Å². The van der Waals surface area contributed by atoms with Crippen molar-refractivity contribution in [1.82, 2.24) is 15.1 Å². The Bertz CT molecular complexity index is 1160. The van der Waals surface area contributed by atoms with Crippen molar-refractivity contribution in [3.8, 4) is 0 Å². The van der Waals surface area contributed by atoms with Crippen LogP contribution in [0.2, 0.25) is 5.02 Å². The molecule has 0 saturated heterocycles. The number of nitrogens with zero attached hydrogens (tertiary/aromatic N) is 2. The summed E-state index contributed by atoms with van der Waals surface area (Å²) in [5.74, 6) is -0.0942. The van der Waals surface area contributed by atoms with Crippen LogP contribution < -0.4 is 5.32 Å². The van der Waals surface area contributed by atoms with Crippen molar-refractivity contribution >= 4 is 28.4 Å². The molecule has 0 aliphatic heterocycles. The molecule has 30 heavy (non-hydrogen) atoms. The lowest BCUT2D eigenvalue weighted by Crippen LogP contribution is -2.26. The first kappa shape index (κ1) is 20.2. The summed E-state index contributed by atoms with van der Waals surface area (Å²) in [5.41, 5.74) is 5.03. The van der Waals surface area contributed by atoms with E-state index in [1.165, 1.54) is 5.56 Å². The lowest BCUT2D eigenvalue weighted by molar-refractivity contribution is 0.0940. The number of aromatic nitrogens is 2. The summed E-state index contributed by atoms with van der Waals surface area (Å²) < 4.78 is 1.91. The Balaban J connectivity index is 1.53. The first-order valence-electron chi connectivity index (χ1n) is 10.1. The Hall–Kier alpha value is -3.11. The highest BCUT2D eigenvalue weighted by Gasteiger charge is 2.13. The van der Waals surface area contributed by atoms with Crippen molar-refractivity contribution in [3.05, 3.63) is 100 Å². The fourth-order valence-corrected chi connectivity index (χ4v) is 3.63. The van der Waals surface area contributed by atoms with Gasteiger partial charge in [0, 0.05) is 16.0 Å². The van der Waals surface area contributed by atoms with Crippen molar-refractivity contribution in [2.24, 2.45) is 0 Å². The summed E-state index contributed by atoms with van der Waals surface area (Å²) in [7, 11) is 0. The molecule has 0 unspecified atom stereocenters. The molecule has 0 saturated carbocycles. The summed E-state index contributed by atoms with van der Waals surface area (Å²) in [4.78, 5) is 12.9. The second-order valence-corrected chi connectivity index (χ2v) is 7.93. The third-order valence-corrected chi connectivity index (χ3v) is 5.64.